The van der Waals surface area contributed by atoms with Crippen molar-refractivity contribution in [1.29, 1.82) is 0 Å². The van der Waals surface area contributed by atoms with Gasteiger partial charge >= 0.3 is 11.9 Å². The molecule has 0 unspecified atom stereocenters. The topological polar surface area (TPSA) is 52.6 Å². The number of carbonyl (C=O) groups excluding carboxylic acids is 2. The maximum atomic E-state index is 11.9. The van der Waals surface area contributed by atoms with Gasteiger partial charge in [0, 0.05) is 0 Å². The molecular formula is C17H26O4. The highest BCUT2D eigenvalue weighted by molar-refractivity contribution is 6.03. The van der Waals surface area contributed by atoms with Crippen LogP contribution in [-0.4, -0.2) is 25.2 Å². The minimum Gasteiger partial charge on any atom is -0.462 e. The molecule has 0 spiro atoms. The zero-order valence-electron chi connectivity index (χ0n) is 12.2. The molecule has 4 nitrogen and oxygen atoms in total. The molecule has 0 saturated carbocycles. The van der Waals surface area contributed by atoms with Gasteiger partial charge in [0.1, 0.15) is 0 Å². The van der Waals surface area contributed by atoms with Gasteiger partial charge in [-0.25, -0.2) is 9.59 Å². The van der Waals surface area contributed by atoms with Crippen molar-refractivity contribution < 1.29 is 19.1 Å². The van der Waals surface area contributed by atoms with Crippen molar-refractivity contribution in [3.05, 3.63) is 35.4 Å². The van der Waals surface area contributed by atoms with Crippen molar-refractivity contribution in [2.75, 3.05) is 13.2 Å². The number of hydrogen-bond donors (Lipinski definition) is 0. The highest BCUT2D eigenvalue weighted by Gasteiger charge is 2.18. The van der Waals surface area contributed by atoms with E-state index in [1.165, 1.54) is 0 Å². The van der Waals surface area contributed by atoms with Crippen molar-refractivity contribution >= 4 is 11.9 Å². The molecule has 0 aromatic heterocycles. The molecule has 0 aliphatic carbocycles. The Labute approximate surface area is 127 Å². The van der Waals surface area contributed by atoms with E-state index in [2.05, 4.69) is 0 Å². The quantitative estimate of drug-likeness (QED) is 0.531. The van der Waals surface area contributed by atoms with Gasteiger partial charge in [-0.15, -0.1) is 0 Å². The van der Waals surface area contributed by atoms with Crippen LogP contribution < -0.4 is 0 Å². The lowest BCUT2D eigenvalue weighted by molar-refractivity contribution is 0.0452. The summed E-state index contributed by atoms with van der Waals surface area (Å²) in [5.74, 6) is -0.942. The first-order chi connectivity index (χ1) is 9.70. The first-order valence-electron chi connectivity index (χ1n) is 7.14. The summed E-state index contributed by atoms with van der Waals surface area (Å²) in [6.07, 6.45) is 3.53. The number of benzene rings is 1. The largest absolute Gasteiger partial charge is 0.462 e. The zero-order chi connectivity index (χ0) is 14.8. The van der Waals surface area contributed by atoms with Crippen LogP contribution in [0.4, 0.5) is 0 Å². The van der Waals surface area contributed by atoms with Crippen LogP contribution in [0.2, 0.25) is 0 Å². The summed E-state index contributed by atoms with van der Waals surface area (Å²) >= 11 is 0. The molecule has 0 aliphatic rings. The summed E-state index contributed by atoms with van der Waals surface area (Å²) in [6.45, 7) is 4.78. The molecule has 0 amide bonds. The first kappa shape index (κ1) is 19.2. The second kappa shape index (κ2) is 10.9. The third-order valence-corrected chi connectivity index (χ3v) is 2.83. The Bertz CT molecular complexity index is 399. The van der Waals surface area contributed by atoms with Crippen LogP contribution in [0.5, 0.6) is 0 Å². The van der Waals surface area contributed by atoms with Gasteiger partial charge in [-0.3, -0.25) is 0 Å². The smallest absolute Gasteiger partial charge is 0.339 e. The Hall–Kier alpha value is -1.84. The van der Waals surface area contributed by atoms with Gasteiger partial charge in [-0.2, -0.15) is 0 Å². The molecule has 1 aromatic rings. The first-order valence-corrected chi connectivity index (χ1v) is 7.14. The number of rotatable bonds is 8. The van der Waals surface area contributed by atoms with Crippen molar-refractivity contribution in [3.8, 4) is 0 Å². The second-order valence-electron chi connectivity index (χ2n) is 4.52. The van der Waals surface area contributed by atoms with Gasteiger partial charge in [0.05, 0.1) is 24.3 Å². The van der Waals surface area contributed by atoms with Crippen molar-refractivity contribution in [3.63, 3.8) is 0 Å². The highest BCUT2D eigenvalue weighted by atomic mass is 16.5. The predicted molar refractivity (Wildman–Crippen MR) is 83.6 cm³/mol. The molecule has 118 valence electrons. The molecule has 4 heteroatoms. The maximum absolute atomic E-state index is 11.9. The summed E-state index contributed by atoms with van der Waals surface area (Å²) in [4.78, 5) is 23.9. The van der Waals surface area contributed by atoms with E-state index < -0.39 is 11.9 Å². The summed E-state index contributed by atoms with van der Waals surface area (Å²) in [6, 6.07) is 6.59. The van der Waals surface area contributed by atoms with E-state index in [1.54, 1.807) is 24.3 Å². The lowest BCUT2D eigenvalue weighted by atomic mass is 10.1. The average Bonchev–Trinajstić information content (AvgIpc) is 2.47. The van der Waals surface area contributed by atoms with Crippen LogP contribution in [0.3, 0.4) is 0 Å². The Balaban J connectivity index is 0.00000400. The molecule has 0 aliphatic heterocycles. The number of esters is 2. The molecule has 0 heterocycles. The molecule has 1 aromatic carbocycles. The van der Waals surface area contributed by atoms with Crippen LogP contribution in [0, 0.1) is 0 Å². The molecule has 1 rings (SSSR count). The average molecular weight is 294 g/mol. The van der Waals surface area contributed by atoms with Crippen LogP contribution in [0.15, 0.2) is 24.3 Å². The standard InChI is InChI=1S/C16H22O4.CH4/c1-3-5-11-19-15(17)13-9-7-8-10-14(13)16(18)20-12-6-4-2;/h7-10H,3-6,11-12H2,1-2H3;1H4. The number of unbranched alkanes of at least 4 members (excludes halogenated alkanes) is 2. The molecule has 0 atom stereocenters. The molecule has 0 N–H and O–H groups in total. The fourth-order valence-electron chi connectivity index (χ4n) is 1.61. The maximum Gasteiger partial charge on any atom is 0.339 e. The SMILES string of the molecule is C.CCCCOC(=O)c1ccccc1C(=O)OCCCC. The fourth-order valence-corrected chi connectivity index (χ4v) is 1.61. The minimum atomic E-state index is -0.471. The summed E-state index contributed by atoms with van der Waals surface area (Å²) < 4.78 is 10.3. The predicted octanol–water partition coefficient (Wildman–Crippen LogP) is 4.24. The monoisotopic (exact) mass is 294 g/mol. The van der Waals surface area contributed by atoms with E-state index in [9.17, 15) is 9.59 Å². The molecule has 0 saturated heterocycles. The van der Waals surface area contributed by atoms with Gasteiger partial charge in [0.2, 0.25) is 0 Å². The van der Waals surface area contributed by atoms with E-state index in [-0.39, 0.29) is 18.6 Å². The van der Waals surface area contributed by atoms with Crippen LogP contribution >= 0.6 is 0 Å². The third-order valence-electron chi connectivity index (χ3n) is 2.83. The van der Waals surface area contributed by atoms with Crippen molar-refractivity contribution in [1.82, 2.24) is 0 Å². The Kier molecular flexibility index (Phi) is 9.94. The molecule has 0 radical (unpaired) electrons. The van der Waals surface area contributed by atoms with Gasteiger partial charge in [-0.05, 0) is 25.0 Å². The number of ether oxygens (including phenoxy) is 2. The molecule has 0 bridgehead atoms. The Morgan fingerprint density at radius 3 is 1.57 bits per heavy atom. The van der Waals surface area contributed by atoms with E-state index in [0.29, 0.717) is 13.2 Å². The van der Waals surface area contributed by atoms with Gasteiger partial charge in [0.25, 0.3) is 0 Å². The highest BCUT2D eigenvalue weighted by Crippen LogP contribution is 2.12. The van der Waals surface area contributed by atoms with E-state index in [0.717, 1.165) is 25.7 Å². The van der Waals surface area contributed by atoms with E-state index >= 15 is 0 Å². The third kappa shape index (κ3) is 6.43. The lowest BCUT2D eigenvalue weighted by Crippen LogP contribution is -2.14. The van der Waals surface area contributed by atoms with E-state index in [4.69, 9.17) is 9.47 Å². The minimum absolute atomic E-state index is 0. The Morgan fingerprint density at radius 1 is 0.857 bits per heavy atom. The van der Waals surface area contributed by atoms with Gasteiger partial charge in [-0.1, -0.05) is 46.2 Å². The summed E-state index contributed by atoms with van der Waals surface area (Å²) in [5, 5.41) is 0. The fraction of sp³-hybridized carbons (Fsp3) is 0.529. The molecule has 21 heavy (non-hydrogen) atoms. The van der Waals surface area contributed by atoms with Crippen LogP contribution in [0.1, 0.15) is 67.7 Å². The molecule has 0 fully saturated rings. The van der Waals surface area contributed by atoms with Crippen molar-refractivity contribution in [2.24, 2.45) is 0 Å². The van der Waals surface area contributed by atoms with Gasteiger partial charge < -0.3 is 9.47 Å². The van der Waals surface area contributed by atoms with Crippen LogP contribution in [-0.2, 0) is 9.47 Å². The number of carbonyl (C=O) groups is 2. The number of hydrogen-bond acceptors (Lipinski definition) is 4. The van der Waals surface area contributed by atoms with Gasteiger partial charge in [0.15, 0.2) is 0 Å². The van der Waals surface area contributed by atoms with Crippen LogP contribution in [0.25, 0.3) is 0 Å². The normalized spacial score (nSPS) is 9.62. The zero-order valence-corrected chi connectivity index (χ0v) is 12.2. The van der Waals surface area contributed by atoms with Crippen molar-refractivity contribution in [2.45, 2.75) is 47.0 Å². The lowest BCUT2D eigenvalue weighted by Gasteiger charge is -2.09. The van der Waals surface area contributed by atoms with E-state index in [1.807, 2.05) is 13.8 Å². The summed E-state index contributed by atoms with van der Waals surface area (Å²) in [5.41, 5.74) is 0.537. The second-order valence-corrected chi connectivity index (χ2v) is 4.52. The molecular weight excluding hydrogens is 268 g/mol. The Morgan fingerprint density at radius 2 is 1.24 bits per heavy atom. The summed E-state index contributed by atoms with van der Waals surface area (Å²) in [7, 11) is 0.